The van der Waals surface area contributed by atoms with Gasteiger partial charge in [-0.2, -0.15) is 0 Å². The first-order valence-electron chi connectivity index (χ1n) is 5.19. The van der Waals surface area contributed by atoms with Crippen LogP contribution in [0.2, 0.25) is 0 Å². The van der Waals surface area contributed by atoms with Crippen LogP contribution in [0.15, 0.2) is 0 Å². The van der Waals surface area contributed by atoms with Crippen LogP contribution in [0.5, 0.6) is 0 Å². The molecule has 1 amide bonds. The van der Waals surface area contributed by atoms with Gasteiger partial charge in [0.15, 0.2) is 0 Å². The maximum absolute atomic E-state index is 10.9. The third-order valence-electron chi connectivity index (χ3n) is 1.62. The molecule has 0 fully saturated rings. The quantitative estimate of drug-likeness (QED) is 0.438. The van der Waals surface area contributed by atoms with Gasteiger partial charge in [0.2, 0.25) is 5.91 Å². The highest BCUT2D eigenvalue weighted by atomic mass is 16.6. The van der Waals surface area contributed by atoms with E-state index < -0.39 is 0 Å². The molecule has 0 heterocycles. The number of hydrogen-bond donors (Lipinski definition) is 1. The van der Waals surface area contributed by atoms with E-state index in [0.29, 0.717) is 26.2 Å². The summed E-state index contributed by atoms with van der Waals surface area (Å²) < 4.78 is 14.5. The molecular weight excluding hydrogens is 214 g/mol. The standard InChI is InChI=1S/C10H19NO5/c1-3-10(13)16-7-6-15-5-4-11-9(12)8-14-2/h3-8H2,1-2H3,(H,11,12). The highest BCUT2D eigenvalue weighted by molar-refractivity contribution is 5.77. The number of rotatable bonds is 9. The second kappa shape index (κ2) is 10.4. The van der Waals surface area contributed by atoms with Crippen LogP contribution in [0.25, 0.3) is 0 Å². The molecule has 0 aromatic rings. The van der Waals surface area contributed by atoms with Gasteiger partial charge in [-0.25, -0.2) is 0 Å². The summed E-state index contributed by atoms with van der Waals surface area (Å²) in [6.45, 7) is 3.18. The Morgan fingerprint density at radius 3 is 2.56 bits per heavy atom. The zero-order valence-electron chi connectivity index (χ0n) is 9.78. The van der Waals surface area contributed by atoms with Crippen molar-refractivity contribution >= 4 is 11.9 Å². The fourth-order valence-corrected chi connectivity index (χ4v) is 0.863. The normalized spacial score (nSPS) is 9.88. The first kappa shape index (κ1) is 14.9. The summed E-state index contributed by atoms with van der Waals surface area (Å²) in [6.07, 6.45) is 0.368. The Kier molecular flexibility index (Phi) is 9.64. The predicted octanol–water partition coefficient (Wildman–Crippen LogP) is -0.281. The molecule has 0 aliphatic rings. The SMILES string of the molecule is CCC(=O)OCCOCCNC(=O)COC. The Morgan fingerprint density at radius 1 is 1.19 bits per heavy atom. The van der Waals surface area contributed by atoms with Crippen molar-refractivity contribution in [3.63, 3.8) is 0 Å². The summed E-state index contributed by atoms with van der Waals surface area (Å²) >= 11 is 0. The summed E-state index contributed by atoms with van der Waals surface area (Å²) in [5.41, 5.74) is 0. The molecule has 1 N–H and O–H groups in total. The average Bonchev–Trinajstić information content (AvgIpc) is 2.27. The molecule has 0 aliphatic heterocycles. The van der Waals surface area contributed by atoms with Gasteiger partial charge < -0.3 is 19.5 Å². The maximum Gasteiger partial charge on any atom is 0.305 e. The van der Waals surface area contributed by atoms with Crippen LogP contribution < -0.4 is 5.32 Å². The molecule has 0 saturated carbocycles. The molecular formula is C10H19NO5. The molecule has 0 saturated heterocycles. The summed E-state index contributed by atoms with van der Waals surface area (Å²) in [4.78, 5) is 21.6. The van der Waals surface area contributed by atoms with Gasteiger partial charge in [-0.05, 0) is 0 Å². The van der Waals surface area contributed by atoms with E-state index in [1.807, 2.05) is 0 Å². The van der Waals surface area contributed by atoms with Gasteiger partial charge in [-0.3, -0.25) is 9.59 Å². The molecule has 0 bridgehead atoms. The van der Waals surface area contributed by atoms with Gasteiger partial charge in [0.05, 0.1) is 13.2 Å². The number of carbonyl (C=O) groups excluding carboxylic acids is 2. The monoisotopic (exact) mass is 233 g/mol. The van der Waals surface area contributed by atoms with Crippen molar-refractivity contribution in [1.82, 2.24) is 5.32 Å². The van der Waals surface area contributed by atoms with Crippen molar-refractivity contribution in [2.24, 2.45) is 0 Å². The van der Waals surface area contributed by atoms with E-state index in [-0.39, 0.29) is 25.1 Å². The lowest BCUT2D eigenvalue weighted by molar-refractivity contribution is -0.144. The Morgan fingerprint density at radius 2 is 1.94 bits per heavy atom. The van der Waals surface area contributed by atoms with Gasteiger partial charge in [0.25, 0.3) is 0 Å². The number of ether oxygens (including phenoxy) is 3. The molecule has 0 aromatic heterocycles. The van der Waals surface area contributed by atoms with Crippen LogP contribution in [0.1, 0.15) is 13.3 Å². The van der Waals surface area contributed by atoms with E-state index >= 15 is 0 Å². The molecule has 6 heteroatoms. The third kappa shape index (κ3) is 9.42. The average molecular weight is 233 g/mol. The van der Waals surface area contributed by atoms with E-state index in [4.69, 9.17) is 9.47 Å². The largest absolute Gasteiger partial charge is 0.463 e. The number of carbonyl (C=O) groups is 2. The number of methoxy groups -OCH3 is 1. The van der Waals surface area contributed by atoms with Gasteiger partial charge in [0.1, 0.15) is 13.2 Å². The van der Waals surface area contributed by atoms with Crippen molar-refractivity contribution < 1.29 is 23.8 Å². The topological polar surface area (TPSA) is 73.9 Å². The van der Waals surface area contributed by atoms with Crippen LogP contribution in [0.3, 0.4) is 0 Å². The lowest BCUT2D eigenvalue weighted by Gasteiger charge is -2.06. The van der Waals surface area contributed by atoms with E-state index in [0.717, 1.165) is 0 Å². The zero-order valence-corrected chi connectivity index (χ0v) is 9.78. The van der Waals surface area contributed by atoms with E-state index in [2.05, 4.69) is 10.1 Å². The Bertz CT molecular complexity index is 207. The van der Waals surface area contributed by atoms with Crippen molar-refractivity contribution in [3.8, 4) is 0 Å². The van der Waals surface area contributed by atoms with Gasteiger partial charge >= 0.3 is 5.97 Å². The van der Waals surface area contributed by atoms with Crippen molar-refractivity contribution in [1.29, 1.82) is 0 Å². The number of nitrogens with one attached hydrogen (secondary N) is 1. The molecule has 0 rings (SSSR count). The Labute approximate surface area is 95.2 Å². The fourth-order valence-electron chi connectivity index (χ4n) is 0.863. The zero-order chi connectivity index (χ0) is 12.2. The molecule has 0 aromatic carbocycles. The molecule has 0 atom stereocenters. The van der Waals surface area contributed by atoms with Gasteiger partial charge in [-0.1, -0.05) is 6.92 Å². The molecule has 0 spiro atoms. The minimum absolute atomic E-state index is 0.0497. The van der Waals surface area contributed by atoms with E-state index in [1.165, 1.54) is 7.11 Å². The number of hydrogen-bond acceptors (Lipinski definition) is 5. The Hall–Kier alpha value is -1.14. The minimum atomic E-state index is -0.239. The van der Waals surface area contributed by atoms with Crippen LogP contribution >= 0.6 is 0 Å². The minimum Gasteiger partial charge on any atom is -0.463 e. The predicted molar refractivity (Wildman–Crippen MR) is 57.0 cm³/mol. The van der Waals surface area contributed by atoms with E-state index in [9.17, 15) is 9.59 Å². The number of amides is 1. The highest BCUT2D eigenvalue weighted by Crippen LogP contribution is 1.84. The molecule has 0 radical (unpaired) electrons. The van der Waals surface area contributed by atoms with Crippen molar-refractivity contribution in [2.45, 2.75) is 13.3 Å². The summed E-state index contributed by atoms with van der Waals surface area (Å²) in [5, 5.41) is 2.60. The van der Waals surface area contributed by atoms with Crippen LogP contribution in [-0.4, -0.2) is 52.0 Å². The first-order chi connectivity index (χ1) is 7.70. The van der Waals surface area contributed by atoms with E-state index in [1.54, 1.807) is 6.92 Å². The second-order valence-corrected chi connectivity index (χ2v) is 2.97. The summed E-state index contributed by atoms with van der Waals surface area (Å²) in [7, 11) is 1.46. The van der Waals surface area contributed by atoms with Crippen LogP contribution in [-0.2, 0) is 23.8 Å². The third-order valence-corrected chi connectivity index (χ3v) is 1.62. The maximum atomic E-state index is 10.9. The fraction of sp³-hybridized carbons (Fsp3) is 0.800. The molecule has 0 unspecified atom stereocenters. The number of esters is 1. The second-order valence-electron chi connectivity index (χ2n) is 2.97. The van der Waals surface area contributed by atoms with Crippen molar-refractivity contribution in [2.75, 3.05) is 40.1 Å². The van der Waals surface area contributed by atoms with Crippen LogP contribution in [0, 0.1) is 0 Å². The van der Waals surface area contributed by atoms with Gasteiger partial charge in [0, 0.05) is 20.1 Å². The molecule has 6 nitrogen and oxygen atoms in total. The highest BCUT2D eigenvalue weighted by Gasteiger charge is 1.99. The Balaban J connectivity index is 3.15. The molecule has 16 heavy (non-hydrogen) atoms. The summed E-state index contributed by atoms with van der Waals surface area (Å²) in [5.74, 6) is -0.416. The molecule has 94 valence electrons. The smallest absolute Gasteiger partial charge is 0.305 e. The summed E-state index contributed by atoms with van der Waals surface area (Å²) in [6, 6.07) is 0. The van der Waals surface area contributed by atoms with Crippen molar-refractivity contribution in [3.05, 3.63) is 0 Å². The lowest BCUT2D eigenvalue weighted by atomic mass is 10.5. The van der Waals surface area contributed by atoms with Crippen LogP contribution in [0.4, 0.5) is 0 Å². The van der Waals surface area contributed by atoms with Gasteiger partial charge in [-0.15, -0.1) is 0 Å². The lowest BCUT2D eigenvalue weighted by Crippen LogP contribution is -2.30. The molecule has 0 aliphatic carbocycles. The first-order valence-corrected chi connectivity index (χ1v) is 5.19.